The minimum atomic E-state index is -4.40. The Labute approximate surface area is 179 Å². The number of alkyl halides is 3. The van der Waals surface area contributed by atoms with E-state index in [0.29, 0.717) is 18.1 Å². The molecule has 0 aliphatic carbocycles. The summed E-state index contributed by atoms with van der Waals surface area (Å²) in [5, 5.41) is 6.19. The predicted octanol–water partition coefficient (Wildman–Crippen LogP) is 3.46. The Morgan fingerprint density at radius 1 is 0.968 bits per heavy atom. The zero-order valence-corrected chi connectivity index (χ0v) is 17.6. The minimum Gasteiger partial charge on any atom is -0.369 e. The van der Waals surface area contributed by atoms with Gasteiger partial charge in [0.1, 0.15) is 5.82 Å². The van der Waals surface area contributed by atoms with Gasteiger partial charge in [0.2, 0.25) is 0 Å². The molecule has 0 spiro atoms. The molecule has 2 aromatic carbocycles. The number of guanidine groups is 1. The summed E-state index contributed by atoms with van der Waals surface area (Å²) >= 11 is 0. The summed E-state index contributed by atoms with van der Waals surface area (Å²) in [6, 6.07) is 9.96. The number of hydrogen-bond donors (Lipinski definition) is 2. The normalized spacial score (nSPS) is 15.8. The zero-order chi connectivity index (χ0) is 22.4. The van der Waals surface area contributed by atoms with Crippen molar-refractivity contribution in [2.75, 3.05) is 45.2 Å². The molecule has 0 bridgehead atoms. The van der Waals surface area contributed by atoms with E-state index >= 15 is 0 Å². The summed E-state index contributed by atoms with van der Waals surface area (Å²) in [5.74, 6) is 0.137. The SMILES string of the molecule is CN=C(NCc1ccc(F)cc1)NCc1cc(C(F)(F)F)ccc1N1CCN(C)CC1. The maximum absolute atomic E-state index is 13.3. The Kier molecular flexibility index (Phi) is 7.37. The van der Waals surface area contributed by atoms with Crippen molar-refractivity contribution in [3.63, 3.8) is 0 Å². The van der Waals surface area contributed by atoms with E-state index in [-0.39, 0.29) is 12.4 Å². The lowest BCUT2D eigenvalue weighted by Gasteiger charge is -2.35. The van der Waals surface area contributed by atoms with Crippen molar-refractivity contribution in [3.05, 3.63) is 65.0 Å². The number of nitrogens with one attached hydrogen (secondary N) is 2. The lowest BCUT2D eigenvalue weighted by Crippen LogP contribution is -2.45. The van der Waals surface area contributed by atoms with E-state index < -0.39 is 11.7 Å². The molecular weight excluding hydrogens is 410 g/mol. The number of halogens is 4. The molecule has 0 atom stereocenters. The summed E-state index contributed by atoms with van der Waals surface area (Å²) in [4.78, 5) is 8.45. The van der Waals surface area contributed by atoms with Gasteiger partial charge in [-0.15, -0.1) is 0 Å². The zero-order valence-electron chi connectivity index (χ0n) is 17.6. The van der Waals surface area contributed by atoms with Crippen LogP contribution in [0.4, 0.5) is 23.2 Å². The van der Waals surface area contributed by atoms with Gasteiger partial charge < -0.3 is 20.4 Å². The summed E-state index contributed by atoms with van der Waals surface area (Å²) in [7, 11) is 3.62. The molecule has 3 rings (SSSR count). The first-order chi connectivity index (χ1) is 14.8. The van der Waals surface area contributed by atoms with Gasteiger partial charge in [-0.3, -0.25) is 4.99 Å². The standard InChI is InChI=1S/C22H27F4N5/c1-27-21(28-14-16-3-6-19(23)7-4-16)29-15-17-13-18(22(24,25)26)5-8-20(17)31-11-9-30(2)10-12-31/h3-8,13H,9-12,14-15H2,1-2H3,(H2,27,28,29). The molecule has 2 aromatic rings. The molecule has 1 fully saturated rings. The monoisotopic (exact) mass is 437 g/mol. The Morgan fingerprint density at radius 3 is 2.23 bits per heavy atom. The Bertz CT molecular complexity index is 888. The van der Waals surface area contributed by atoms with Crippen LogP contribution in [0.5, 0.6) is 0 Å². The van der Waals surface area contributed by atoms with Crippen molar-refractivity contribution >= 4 is 11.6 Å². The molecule has 9 heteroatoms. The van der Waals surface area contributed by atoms with Gasteiger partial charge in [-0.25, -0.2) is 4.39 Å². The van der Waals surface area contributed by atoms with E-state index in [1.54, 1.807) is 25.2 Å². The first kappa shape index (κ1) is 22.9. The molecule has 1 saturated heterocycles. The number of aliphatic imine (C=N–C) groups is 1. The van der Waals surface area contributed by atoms with Crippen LogP contribution in [0.15, 0.2) is 47.5 Å². The van der Waals surface area contributed by atoms with Crippen molar-refractivity contribution in [1.29, 1.82) is 0 Å². The largest absolute Gasteiger partial charge is 0.416 e. The van der Waals surface area contributed by atoms with Crippen molar-refractivity contribution in [2.24, 2.45) is 4.99 Å². The summed E-state index contributed by atoms with van der Waals surface area (Å²) in [6.45, 7) is 3.82. The molecule has 0 radical (unpaired) electrons. The highest BCUT2D eigenvalue weighted by Gasteiger charge is 2.31. The van der Waals surface area contributed by atoms with Crippen LogP contribution in [0.25, 0.3) is 0 Å². The topological polar surface area (TPSA) is 42.9 Å². The van der Waals surface area contributed by atoms with E-state index in [4.69, 9.17) is 0 Å². The molecule has 0 amide bonds. The highest BCUT2D eigenvalue weighted by atomic mass is 19.4. The highest BCUT2D eigenvalue weighted by molar-refractivity contribution is 5.79. The van der Waals surface area contributed by atoms with Crippen LogP contribution < -0.4 is 15.5 Å². The van der Waals surface area contributed by atoms with Crippen molar-refractivity contribution in [2.45, 2.75) is 19.3 Å². The summed E-state index contributed by atoms with van der Waals surface area (Å²) in [5.41, 5.74) is 1.55. The van der Waals surface area contributed by atoms with Crippen LogP contribution in [0.1, 0.15) is 16.7 Å². The molecule has 0 saturated carbocycles. The van der Waals surface area contributed by atoms with Crippen LogP contribution >= 0.6 is 0 Å². The van der Waals surface area contributed by atoms with Crippen molar-refractivity contribution in [1.82, 2.24) is 15.5 Å². The minimum absolute atomic E-state index is 0.189. The van der Waals surface area contributed by atoms with Crippen LogP contribution in [0.3, 0.4) is 0 Å². The molecule has 0 aromatic heterocycles. The average Bonchev–Trinajstić information content (AvgIpc) is 2.75. The van der Waals surface area contributed by atoms with E-state index in [2.05, 4.69) is 25.4 Å². The third-order valence-electron chi connectivity index (χ3n) is 5.29. The number of anilines is 1. The van der Waals surface area contributed by atoms with Crippen LogP contribution in [-0.2, 0) is 19.3 Å². The number of hydrogen-bond acceptors (Lipinski definition) is 3. The third kappa shape index (κ3) is 6.33. The molecule has 31 heavy (non-hydrogen) atoms. The van der Waals surface area contributed by atoms with Gasteiger partial charge in [-0.1, -0.05) is 12.1 Å². The van der Waals surface area contributed by atoms with Gasteiger partial charge in [0.15, 0.2) is 5.96 Å². The molecule has 1 aliphatic heterocycles. The van der Waals surface area contributed by atoms with Gasteiger partial charge in [0.05, 0.1) is 5.56 Å². The van der Waals surface area contributed by atoms with Gasteiger partial charge in [-0.2, -0.15) is 13.2 Å². The number of rotatable bonds is 5. The molecule has 5 nitrogen and oxygen atoms in total. The first-order valence-electron chi connectivity index (χ1n) is 10.1. The predicted molar refractivity (Wildman–Crippen MR) is 115 cm³/mol. The lowest BCUT2D eigenvalue weighted by atomic mass is 10.1. The molecule has 1 heterocycles. The fourth-order valence-electron chi connectivity index (χ4n) is 3.45. The van der Waals surface area contributed by atoms with Crippen LogP contribution in [0, 0.1) is 5.82 Å². The summed E-state index contributed by atoms with van der Waals surface area (Å²) < 4.78 is 52.9. The second-order valence-electron chi connectivity index (χ2n) is 7.54. The smallest absolute Gasteiger partial charge is 0.369 e. The molecule has 2 N–H and O–H groups in total. The Hall–Kier alpha value is -2.81. The number of piperazine rings is 1. The Balaban J connectivity index is 1.72. The first-order valence-corrected chi connectivity index (χ1v) is 10.1. The number of benzene rings is 2. The second kappa shape index (κ2) is 10.00. The second-order valence-corrected chi connectivity index (χ2v) is 7.54. The van der Waals surface area contributed by atoms with Crippen molar-refractivity contribution in [3.8, 4) is 0 Å². The quantitative estimate of drug-likeness (QED) is 0.427. The molecule has 168 valence electrons. The van der Waals surface area contributed by atoms with Crippen LogP contribution in [-0.4, -0.2) is 51.1 Å². The maximum atomic E-state index is 13.3. The fraction of sp³-hybridized carbons (Fsp3) is 0.409. The molecule has 1 aliphatic rings. The third-order valence-corrected chi connectivity index (χ3v) is 5.29. The number of nitrogens with zero attached hydrogens (tertiary/aromatic N) is 3. The van der Waals surface area contributed by atoms with E-state index in [9.17, 15) is 17.6 Å². The average molecular weight is 437 g/mol. The fourth-order valence-corrected chi connectivity index (χ4v) is 3.45. The Morgan fingerprint density at radius 2 is 1.61 bits per heavy atom. The summed E-state index contributed by atoms with van der Waals surface area (Å²) in [6.07, 6.45) is -4.40. The maximum Gasteiger partial charge on any atom is 0.416 e. The van der Waals surface area contributed by atoms with E-state index in [0.717, 1.165) is 43.5 Å². The highest BCUT2D eigenvalue weighted by Crippen LogP contribution is 2.33. The van der Waals surface area contributed by atoms with Crippen molar-refractivity contribution < 1.29 is 17.6 Å². The van der Waals surface area contributed by atoms with Gasteiger partial charge in [0, 0.05) is 52.0 Å². The molecular formula is C22H27F4N5. The molecule has 0 unspecified atom stereocenters. The lowest BCUT2D eigenvalue weighted by molar-refractivity contribution is -0.137. The van der Waals surface area contributed by atoms with E-state index in [1.165, 1.54) is 18.2 Å². The van der Waals surface area contributed by atoms with E-state index in [1.807, 2.05) is 7.05 Å². The van der Waals surface area contributed by atoms with Gasteiger partial charge in [-0.05, 0) is 48.5 Å². The number of likely N-dealkylation sites (N-methyl/N-ethyl adjacent to an activating group) is 1. The van der Waals surface area contributed by atoms with Crippen LogP contribution in [0.2, 0.25) is 0 Å². The van der Waals surface area contributed by atoms with Gasteiger partial charge in [0.25, 0.3) is 0 Å². The van der Waals surface area contributed by atoms with Gasteiger partial charge >= 0.3 is 6.18 Å².